The van der Waals surface area contributed by atoms with Crippen LogP contribution in [0.5, 0.6) is 5.75 Å². The van der Waals surface area contributed by atoms with Crippen molar-refractivity contribution in [3.05, 3.63) is 30.2 Å². The molecule has 2 heterocycles. The van der Waals surface area contributed by atoms with Crippen LogP contribution in [-0.4, -0.2) is 42.5 Å². The first-order valence-electron chi connectivity index (χ1n) is 8.00. The first-order valence-corrected chi connectivity index (χ1v) is 9.44. The van der Waals surface area contributed by atoms with Gasteiger partial charge in [-0.2, -0.15) is 13.4 Å². The zero-order chi connectivity index (χ0) is 19.6. The number of halogens is 1. The van der Waals surface area contributed by atoms with Crippen LogP contribution in [0.15, 0.2) is 24.4 Å². The van der Waals surface area contributed by atoms with Crippen molar-refractivity contribution >= 4 is 39.3 Å². The molecule has 2 aromatic rings. The zero-order valence-corrected chi connectivity index (χ0v) is 15.0. The molecule has 1 fully saturated rings. The third kappa shape index (κ3) is 4.00. The van der Waals surface area contributed by atoms with Crippen molar-refractivity contribution in [3.63, 3.8) is 0 Å². The van der Waals surface area contributed by atoms with E-state index in [1.165, 1.54) is 6.20 Å². The summed E-state index contributed by atoms with van der Waals surface area (Å²) in [4.78, 5) is 19.5. The van der Waals surface area contributed by atoms with E-state index < -0.39 is 39.9 Å². The Hall–Kier alpha value is -3.15. The highest BCUT2D eigenvalue weighted by Crippen LogP contribution is 2.36. The zero-order valence-electron chi connectivity index (χ0n) is 14.2. The molecule has 1 saturated heterocycles. The summed E-state index contributed by atoms with van der Waals surface area (Å²) in [5.41, 5.74) is -0.504. The lowest BCUT2D eigenvalue weighted by Crippen LogP contribution is -2.30. The topological polar surface area (TPSA) is 137 Å². The molecular weight excluding hydrogens is 379 g/mol. The third-order valence-corrected chi connectivity index (χ3v) is 4.96. The Morgan fingerprint density at radius 3 is 2.81 bits per heavy atom. The van der Waals surface area contributed by atoms with E-state index >= 15 is 0 Å². The van der Waals surface area contributed by atoms with Crippen LogP contribution in [0.4, 0.5) is 27.5 Å². The second kappa shape index (κ2) is 7.23. The summed E-state index contributed by atoms with van der Waals surface area (Å²) in [7, 11) is -4.24. The monoisotopic (exact) mass is 396 g/mol. The van der Waals surface area contributed by atoms with Gasteiger partial charge in [0.05, 0.1) is 0 Å². The molecule has 0 aliphatic carbocycles. The highest BCUT2D eigenvalue weighted by atomic mass is 32.2. The fourth-order valence-electron chi connectivity index (χ4n) is 2.45. The average Bonchev–Trinajstić information content (AvgIpc) is 2.85. The van der Waals surface area contributed by atoms with Gasteiger partial charge in [0.25, 0.3) is 5.91 Å². The number of phenolic OH excluding ortho intramolecular Hbond substituents is 1. The van der Waals surface area contributed by atoms with E-state index in [9.17, 15) is 22.7 Å². The van der Waals surface area contributed by atoms with E-state index in [2.05, 4.69) is 20.6 Å². The van der Waals surface area contributed by atoms with E-state index in [1.807, 2.05) is 6.92 Å². The van der Waals surface area contributed by atoms with E-state index in [4.69, 9.17) is 0 Å². The van der Waals surface area contributed by atoms with Crippen LogP contribution < -0.4 is 19.7 Å². The Morgan fingerprint density at radius 1 is 1.41 bits per heavy atom. The van der Waals surface area contributed by atoms with Crippen LogP contribution >= 0.6 is 0 Å². The van der Waals surface area contributed by atoms with Crippen molar-refractivity contribution in [1.29, 1.82) is 0 Å². The summed E-state index contributed by atoms with van der Waals surface area (Å²) >= 11 is 0. The normalized spacial score (nSPS) is 15.5. The van der Waals surface area contributed by atoms with Gasteiger partial charge in [0.15, 0.2) is 5.82 Å². The third-order valence-electron chi connectivity index (χ3n) is 3.58. The summed E-state index contributed by atoms with van der Waals surface area (Å²) in [6.07, 6.45) is 2.41. The maximum absolute atomic E-state index is 14.5. The number of benzene rings is 1. The maximum atomic E-state index is 14.5. The number of hydrogen-bond donors (Lipinski definition) is 4. The van der Waals surface area contributed by atoms with Gasteiger partial charge in [0.1, 0.15) is 23.8 Å². The number of nitrogens with zero attached hydrogens (tertiary/aromatic N) is 3. The summed E-state index contributed by atoms with van der Waals surface area (Å²) < 4.78 is 40.4. The molecule has 1 aromatic heterocycles. The van der Waals surface area contributed by atoms with Crippen molar-refractivity contribution in [3.8, 4) is 5.75 Å². The van der Waals surface area contributed by atoms with Crippen molar-refractivity contribution in [2.24, 2.45) is 0 Å². The number of anilines is 4. The first-order chi connectivity index (χ1) is 12.8. The maximum Gasteiger partial charge on any atom is 0.326 e. The minimum Gasteiger partial charge on any atom is -0.506 e. The Labute approximate surface area is 154 Å². The molecule has 12 heteroatoms. The average molecular weight is 396 g/mol. The SMILES string of the molecule is CCCNc1ccnc(Nc2cc(O)c(N3CC(=O)NS3(=O)=O)c(F)c2)n1. The number of amides is 1. The molecule has 144 valence electrons. The van der Waals surface area contributed by atoms with Crippen LogP contribution in [-0.2, 0) is 15.0 Å². The number of aromatic hydroxyl groups is 1. The largest absolute Gasteiger partial charge is 0.506 e. The van der Waals surface area contributed by atoms with E-state index in [0.29, 0.717) is 10.1 Å². The lowest BCUT2D eigenvalue weighted by molar-refractivity contribution is -0.117. The minimum atomic E-state index is -4.24. The van der Waals surface area contributed by atoms with Crippen LogP contribution in [0.25, 0.3) is 0 Å². The predicted octanol–water partition coefficient (Wildman–Crippen LogP) is 1.07. The Bertz CT molecular complexity index is 961. The standard InChI is InChI=1S/C15H17FN6O4S/c1-2-4-17-12-3-5-18-15(20-12)19-9-6-10(16)14(11(23)7-9)22-8-13(24)21-27(22,25)26/h3,5-7,23H,2,4,8H2,1H3,(H,21,24)(H2,17,18,19,20). The molecule has 0 atom stereocenters. The number of phenols is 1. The molecule has 0 spiro atoms. The first kappa shape index (κ1) is 18.6. The van der Waals surface area contributed by atoms with E-state index in [0.717, 1.165) is 25.1 Å². The molecule has 3 rings (SSSR count). The number of hydrogen-bond acceptors (Lipinski definition) is 8. The van der Waals surface area contributed by atoms with Gasteiger partial charge >= 0.3 is 10.2 Å². The molecule has 1 aliphatic heterocycles. The molecular formula is C15H17FN6O4S. The number of rotatable bonds is 6. The molecule has 1 aliphatic rings. The van der Waals surface area contributed by atoms with Gasteiger partial charge in [0, 0.05) is 24.5 Å². The highest BCUT2D eigenvalue weighted by molar-refractivity contribution is 7.92. The lowest BCUT2D eigenvalue weighted by atomic mass is 10.2. The van der Waals surface area contributed by atoms with Crippen LogP contribution in [0.2, 0.25) is 0 Å². The van der Waals surface area contributed by atoms with E-state index in [1.54, 1.807) is 10.8 Å². The van der Waals surface area contributed by atoms with Gasteiger partial charge in [-0.1, -0.05) is 6.92 Å². The molecule has 4 N–H and O–H groups in total. The van der Waals surface area contributed by atoms with E-state index in [-0.39, 0.29) is 11.6 Å². The molecule has 0 radical (unpaired) electrons. The summed E-state index contributed by atoms with van der Waals surface area (Å²) in [5.74, 6) is -1.77. The van der Waals surface area contributed by atoms with Gasteiger partial charge < -0.3 is 15.7 Å². The lowest BCUT2D eigenvalue weighted by Gasteiger charge is -2.18. The predicted molar refractivity (Wildman–Crippen MR) is 96.6 cm³/mol. The van der Waals surface area contributed by atoms with Gasteiger partial charge in [-0.15, -0.1) is 0 Å². The number of nitrogens with one attached hydrogen (secondary N) is 3. The molecule has 0 bridgehead atoms. The van der Waals surface area contributed by atoms with Gasteiger partial charge in [-0.3, -0.25) is 4.79 Å². The quantitative estimate of drug-likeness (QED) is 0.569. The van der Waals surface area contributed by atoms with Crippen molar-refractivity contribution < 1.29 is 22.7 Å². The van der Waals surface area contributed by atoms with Crippen LogP contribution in [0.1, 0.15) is 13.3 Å². The molecule has 0 saturated carbocycles. The summed E-state index contributed by atoms with van der Waals surface area (Å²) in [6.45, 7) is 2.11. The number of carbonyl (C=O) groups excluding carboxylic acids is 1. The molecule has 0 unspecified atom stereocenters. The van der Waals surface area contributed by atoms with Crippen molar-refractivity contribution in [2.75, 3.05) is 28.0 Å². The number of aromatic nitrogens is 2. The van der Waals surface area contributed by atoms with Crippen LogP contribution in [0.3, 0.4) is 0 Å². The van der Waals surface area contributed by atoms with Gasteiger partial charge in [-0.05, 0) is 18.6 Å². The minimum absolute atomic E-state index is 0.109. The smallest absolute Gasteiger partial charge is 0.326 e. The second-order valence-corrected chi connectivity index (χ2v) is 7.28. The van der Waals surface area contributed by atoms with Crippen molar-refractivity contribution in [1.82, 2.24) is 14.7 Å². The van der Waals surface area contributed by atoms with Crippen molar-refractivity contribution in [2.45, 2.75) is 13.3 Å². The molecule has 1 aromatic carbocycles. The number of carbonyl (C=O) groups is 1. The molecule has 27 heavy (non-hydrogen) atoms. The summed E-state index contributed by atoms with van der Waals surface area (Å²) in [6, 6.07) is 3.76. The Morgan fingerprint density at radius 2 is 2.19 bits per heavy atom. The Kier molecular flexibility index (Phi) is 4.99. The highest BCUT2D eigenvalue weighted by Gasteiger charge is 2.37. The Balaban J connectivity index is 1.86. The fraction of sp³-hybridized carbons (Fsp3) is 0.267. The van der Waals surface area contributed by atoms with Crippen LogP contribution in [0, 0.1) is 5.82 Å². The van der Waals surface area contributed by atoms with Gasteiger partial charge in [-0.25, -0.2) is 18.4 Å². The molecule has 1 amide bonds. The molecule has 10 nitrogen and oxygen atoms in total. The second-order valence-electron chi connectivity index (χ2n) is 5.68. The summed E-state index contributed by atoms with van der Waals surface area (Å²) in [5, 5.41) is 15.9. The fourth-order valence-corrected chi connectivity index (χ4v) is 3.62. The van der Waals surface area contributed by atoms with Gasteiger partial charge in [0.2, 0.25) is 5.95 Å².